The Morgan fingerprint density at radius 1 is 1.37 bits per heavy atom. The van der Waals surface area contributed by atoms with Crippen molar-refractivity contribution >= 4 is 11.4 Å². The highest BCUT2D eigenvalue weighted by Crippen LogP contribution is 2.22. The monoisotopic (exact) mass is 261 g/mol. The van der Waals surface area contributed by atoms with Gasteiger partial charge in [-0.15, -0.1) is 0 Å². The Hall–Kier alpha value is -2.37. The Kier molecular flexibility index (Phi) is 3.50. The summed E-state index contributed by atoms with van der Waals surface area (Å²) >= 11 is 0. The van der Waals surface area contributed by atoms with Gasteiger partial charge >= 0.3 is 0 Å². The summed E-state index contributed by atoms with van der Waals surface area (Å²) < 4.78 is 5.09. The molecule has 2 aromatic rings. The summed E-state index contributed by atoms with van der Waals surface area (Å²) in [6.45, 7) is 6.17. The molecular weight excluding hydrogens is 246 g/mol. The van der Waals surface area contributed by atoms with Crippen LogP contribution >= 0.6 is 0 Å². The second-order valence-electron chi connectivity index (χ2n) is 4.41. The van der Waals surface area contributed by atoms with E-state index in [1.807, 2.05) is 20.8 Å². The molecule has 0 spiro atoms. The maximum absolute atomic E-state index is 10.7. The summed E-state index contributed by atoms with van der Waals surface area (Å²) in [6, 6.07) is 4.75. The molecule has 1 aromatic heterocycles. The van der Waals surface area contributed by atoms with Gasteiger partial charge in [-0.25, -0.2) is 0 Å². The molecule has 0 saturated heterocycles. The van der Waals surface area contributed by atoms with Crippen molar-refractivity contribution in [2.75, 3.05) is 5.32 Å². The number of nitrogens with zero attached hydrogens (tertiary/aromatic N) is 2. The molecule has 2 rings (SSSR count). The van der Waals surface area contributed by atoms with E-state index in [0.717, 1.165) is 28.3 Å². The number of anilines is 1. The van der Waals surface area contributed by atoms with Gasteiger partial charge in [0.2, 0.25) is 0 Å². The lowest BCUT2D eigenvalue weighted by atomic mass is 10.1. The first-order valence-corrected chi connectivity index (χ1v) is 5.89. The van der Waals surface area contributed by atoms with Crippen molar-refractivity contribution in [3.8, 4) is 0 Å². The van der Waals surface area contributed by atoms with Crippen molar-refractivity contribution in [1.29, 1.82) is 0 Å². The molecule has 0 unspecified atom stereocenters. The first-order chi connectivity index (χ1) is 8.99. The maximum atomic E-state index is 10.7. The first kappa shape index (κ1) is 13.1. The molecular formula is C13H15N3O3. The van der Waals surface area contributed by atoms with Crippen molar-refractivity contribution in [3.63, 3.8) is 0 Å². The Balaban J connectivity index is 2.14. The van der Waals surface area contributed by atoms with Crippen molar-refractivity contribution in [2.24, 2.45) is 0 Å². The molecule has 0 atom stereocenters. The molecule has 0 amide bonds. The van der Waals surface area contributed by atoms with Crippen molar-refractivity contribution < 1.29 is 9.45 Å². The zero-order valence-corrected chi connectivity index (χ0v) is 11.1. The van der Waals surface area contributed by atoms with Gasteiger partial charge in [-0.2, -0.15) is 0 Å². The van der Waals surface area contributed by atoms with E-state index >= 15 is 0 Å². The van der Waals surface area contributed by atoms with E-state index < -0.39 is 4.92 Å². The van der Waals surface area contributed by atoms with E-state index in [1.54, 1.807) is 12.1 Å². The van der Waals surface area contributed by atoms with Crippen LogP contribution in [0, 0.1) is 30.9 Å². The van der Waals surface area contributed by atoms with Crippen LogP contribution in [-0.2, 0) is 6.54 Å². The average Bonchev–Trinajstić information content (AvgIpc) is 2.68. The summed E-state index contributed by atoms with van der Waals surface area (Å²) in [5, 5.41) is 17.8. The van der Waals surface area contributed by atoms with Crippen molar-refractivity contribution in [2.45, 2.75) is 27.3 Å². The standard InChI is InChI=1S/C13H15N3O3/c1-8-6-11(16(17)18)4-5-13(8)14-7-12-9(2)15-19-10(12)3/h4-6,14H,7H2,1-3H3. The van der Waals surface area contributed by atoms with E-state index in [4.69, 9.17) is 4.52 Å². The van der Waals surface area contributed by atoms with Crippen LogP contribution < -0.4 is 5.32 Å². The Morgan fingerprint density at radius 3 is 2.63 bits per heavy atom. The van der Waals surface area contributed by atoms with E-state index in [9.17, 15) is 10.1 Å². The van der Waals surface area contributed by atoms with Crippen LogP contribution in [0.2, 0.25) is 0 Å². The molecule has 0 saturated carbocycles. The van der Waals surface area contributed by atoms with Gasteiger partial charge in [-0.05, 0) is 32.4 Å². The minimum Gasteiger partial charge on any atom is -0.381 e. The number of hydrogen-bond acceptors (Lipinski definition) is 5. The molecule has 0 aliphatic rings. The smallest absolute Gasteiger partial charge is 0.269 e. The number of aryl methyl sites for hydroxylation is 3. The molecule has 19 heavy (non-hydrogen) atoms. The van der Waals surface area contributed by atoms with Gasteiger partial charge in [-0.3, -0.25) is 10.1 Å². The fraction of sp³-hybridized carbons (Fsp3) is 0.308. The normalized spacial score (nSPS) is 10.5. The van der Waals surface area contributed by atoms with Crippen molar-refractivity contribution in [3.05, 3.63) is 50.9 Å². The topological polar surface area (TPSA) is 81.2 Å². The van der Waals surface area contributed by atoms with Crippen LogP contribution in [0.3, 0.4) is 0 Å². The number of hydrogen-bond donors (Lipinski definition) is 1. The molecule has 6 heteroatoms. The van der Waals surface area contributed by atoms with Crippen LogP contribution in [-0.4, -0.2) is 10.1 Å². The summed E-state index contributed by atoms with van der Waals surface area (Å²) in [4.78, 5) is 10.3. The third kappa shape index (κ3) is 2.73. The Labute approximate surface area is 110 Å². The van der Waals surface area contributed by atoms with Gasteiger partial charge in [0.05, 0.1) is 10.6 Å². The highest BCUT2D eigenvalue weighted by molar-refractivity contribution is 5.55. The predicted octanol–water partition coefficient (Wildman–Crippen LogP) is 3.12. The molecule has 0 aliphatic carbocycles. The molecule has 1 N–H and O–H groups in total. The van der Waals surface area contributed by atoms with Crippen molar-refractivity contribution in [1.82, 2.24) is 5.16 Å². The number of rotatable bonds is 4. The number of nitro benzene ring substituents is 1. The van der Waals surface area contributed by atoms with Gasteiger partial charge < -0.3 is 9.84 Å². The van der Waals surface area contributed by atoms with Gasteiger partial charge in [-0.1, -0.05) is 5.16 Å². The SMILES string of the molecule is Cc1cc([N+](=O)[O-])ccc1NCc1c(C)noc1C. The highest BCUT2D eigenvalue weighted by Gasteiger charge is 2.11. The average molecular weight is 261 g/mol. The summed E-state index contributed by atoms with van der Waals surface area (Å²) in [5.41, 5.74) is 3.66. The number of nitro groups is 1. The fourth-order valence-corrected chi connectivity index (χ4v) is 1.90. The van der Waals surface area contributed by atoms with Gasteiger partial charge in [0.1, 0.15) is 5.76 Å². The first-order valence-electron chi connectivity index (χ1n) is 5.89. The Morgan fingerprint density at radius 2 is 2.11 bits per heavy atom. The van der Waals surface area contributed by atoms with Crippen LogP contribution in [0.1, 0.15) is 22.6 Å². The second kappa shape index (κ2) is 5.09. The molecule has 0 aliphatic heterocycles. The van der Waals surface area contributed by atoms with Gasteiger partial charge in [0, 0.05) is 29.9 Å². The van der Waals surface area contributed by atoms with Crippen LogP contribution in [0.4, 0.5) is 11.4 Å². The molecule has 0 fully saturated rings. The lowest BCUT2D eigenvalue weighted by molar-refractivity contribution is -0.384. The summed E-state index contributed by atoms with van der Waals surface area (Å²) in [5.74, 6) is 0.782. The fourth-order valence-electron chi connectivity index (χ4n) is 1.90. The molecule has 0 bridgehead atoms. The van der Waals surface area contributed by atoms with Crippen LogP contribution in [0.25, 0.3) is 0 Å². The van der Waals surface area contributed by atoms with E-state index in [0.29, 0.717) is 6.54 Å². The van der Waals surface area contributed by atoms with Gasteiger partial charge in [0.15, 0.2) is 0 Å². The third-order valence-electron chi connectivity index (χ3n) is 3.06. The quantitative estimate of drug-likeness (QED) is 0.675. The number of benzene rings is 1. The zero-order valence-electron chi connectivity index (χ0n) is 11.1. The number of nitrogens with one attached hydrogen (secondary N) is 1. The van der Waals surface area contributed by atoms with E-state index in [1.165, 1.54) is 6.07 Å². The van der Waals surface area contributed by atoms with Crippen LogP contribution in [0.15, 0.2) is 22.7 Å². The van der Waals surface area contributed by atoms with Crippen LogP contribution in [0.5, 0.6) is 0 Å². The van der Waals surface area contributed by atoms with E-state index in [-0.39, 0.29) is 5.69 Å². The summed E-state index contributed by atoms with van der Waals surface area (Å²) in [7, 11) is 0. The lowest BCUT2D eigenvalue weighted by Crippen LogP contribution is -2.03. The minimum absolute atomic E-state index is 0.0976. The number of non-ortho nitro benzene ring substituents is 1. The molecule has 6 nitrogen and oxygen atoms in total. The highest BCUT2D eigenvalue weighted by atomic mass is 16.6. The lowest BCUT2D eigenvalue weighted by Gasteiger charge is -2.09. The number of aromatic nitrogens is 1. The summed E-state index contributed by atoms with van der Waals surface area (Å²) in [6.07, 6.45) is 0. The Bertz CT molecular complexity index is 600. The zero-order chi connectivity index (χ0) is 14.0. The third-order valence-corrected chi connectivity index (χ3v) is 3.06. The predicted molar refractivity (Wildman–Crippen MR) is 71.1 cm³/mol. The molecule has 0 radical (unpaired) electrons. The van der Waals surface area contributed by atoms with E-state index in [2.05, 4.69) is 10.5 Å². The minimum atomic E-state index is -0.398. The molecule has 100 valence electrons. The van der Waals surface area contributed by atoms with Gasteiger partial charge in [0.25, 0.3) is 5.69 Å². The maximum Gasteiger partial charge on any atom is 0.269 e. The molecule has 1 aromatic carbocycles. The largest absolute Gasteiger partial charge is 0.381 e. The molecule has 1 heterocycles. The second-order valence-corrected chi connectivity index (χ2v) is 4.41.